The normalized spacial score (nSPS) is 14.2. The summed E-state index contributed by atoms with van der Waals surface area (Å²) in [7, 11) is 0. The quantitative estimate of drug-likeness (QED) is 0.741. The molecule has 1 aliphatic heterocycles. The Labute approximate surface area is 140 Å². The minimum Gasteiger partial charge on any atom is -0.508 e. The fraction of sp³-hybridized carbons (Fsp3) is 0.200. The molecule has 0 aliphatic carbocycles. The van der Waals surface area contributed by atoms with Crippen molar-refractivity contribution in [3.05, 3.63) is 54.1 Å². The third-order valence-corrected chi connectivity index (χ3v) is 4.59. The van der Waals surface area contributed by atoms with Gasteiger partial charge in [0.25, 0.3) is 0 Å². The molecular formula is C20H18N2O2. The van der Waals surface area contributed by atoms with Gasteiger partial charge in [-0.3, -0.25) is 4.79 Å². The molecule has 3 aromatic rings. The number of pyridine rings is 1. The number of carbonyl (C=O) groups excluding carboxylic acids is 1. The lowest BCUT2D eigenvalue weighted by Crippen LogP contribution is -2.17. The summed E-state index contributed by atoms with van der Waals surface area (Å²) in [6.45, 7) is 2.14. The SMILES string of the molecule is O=Cc1cc(-c2ccc(O)cc2)nc2ccc(N3CCCC3)cc12. The first kappa shape index (κ1) is 14.7. The maximum atomic E-state index is 11.6. The van der Waals surface area contributed by atoms with Crippen LogP contribution in [0.3, 0.4) is 0 Å². The van der Waals surface area contributed by atoms with Crippen molar-refractivity contribution in [1.29, 1.82) is 0 Å². The average Bonchev–Trinajstić information content (AvgIpc) is 3.15. The monoisotopic (exact) mass is 318 g/mol. The molecule has 0 spiro atoms. The van der Waals surface area contributed by atoms with E-state index in [9.17, 15) is 9.90 Å². The predicted molar refractivity (Wildman–Crippen MR) is 95.7 cm³/mol. The Kier molecular flexibility index (Phi) is 3.65. The molecule has 0 unspecified atom stereocenters. The number of phenols is 1. The Balaban J connectivity index is 1.83. The van der Waals surface area contributed by atoms with Gasteiger partial charge in [0.15, 0.2) is 6.29 Å². The van der Waals surface area contributed by atoms with Gasteiger partial charge in [-0.2, -0.15) is 0 Å². The van der Waals surface area contributed by atoms with Crippen LogP contribution in [0.1, 0.15) is 23.2 Å². The van der Waals surface area contributed by atoms with E-state index in [1.54, 1.807) is 24.3 Å². The molecule has 4 nitrogen and oxygen atoms in total. The molecule has 2 aromatic carbocycles. The molecule has 1 saturated heterocycles. The number of rotatable bonds is 3. The van der Waals surface area contributed by atoms with Gasteiger partial charge in [-0.05, 0) is 61.4 Å². The van der Waals surface area contributed by atoms with Crippen LogP contribution in [-0.4, -0.2) is 29.5 Å². The molecule has 0 atom stereocenters. The van der Waals surface area contributed by atoms with Gasteiger partial charge in [0.1, 0.15) is 5.75 Å². The maximum absolute atomic E-state index is 11.6. The summed E-state index contributed by atoms with van der Waals surface area (Å²) in [6.07, 6.45) is 3.33. The van der Waals surface area contributed by atoms with Gasteiger partial charge >= 0.3 is 0 Å². The van der Waals surface area contributed by atoms with Gasteiger partial charge in [0.2, 0.25) is 0 Å². The lowest BCUT2D eigenvalue weighted by Gasteiger charge is -2.18. The zero-order valence-corrected chi connectivity index (χ0v) is 13.3. The summed E-state index contributed by atoms with van der Waals surface area (Å²) in [5, 5.41) is 10.3. The molecule has 1 aliphatic rings. The van der Waals surface area contributed by atoms with Crippen molar-refractivity contribution in [2.24, 2.45) is 0 Å². The maximum Gasteiger partial charge on any atom is 0.150 e. The third-order valence-electron chi connectivity index (χ3n) is 4.59. The van der Waals surface area contributed by atoms with Crippen LogP contribution in [0.4, 0.5) is 5.69 Å². The van der Waals surface area contributed by atoms with Crippen molar-refractivity contribution >= 4 is 22.9 Å². The third kappa shape index (κ3) is 2.60. The highest BCUT2D eigenvalue weighted by atomic mass is 16.3. The molecule has 1 fully saturated rings. The molecule has 0 amide bonds. The van der Waals surface area contributed by atoms with E-state index < -0.39 is 0 Å². The molecule has 0 radical (unpaired) electrons. The van der Waals surface area contributed by atoms with Crippen molar-refractivity contribution in [2.75, 3.05) is 18.0 Å². The predicted octanol–water partition coefficient (Wildman–Crippen LogP) is 4.02. The van der Waals surface area contributed by atoms with Gasteiger partial charge in [-0.15, -0.1) is 0 Å². The van der Waals surface area contributed by atoms with Gasteiger partial charge in [-0.25, -0.2) is 4.98 Å². The minimum absolute atomic E-state index is 0.213. The van der Waals surface area contributed by atoms with Gasteiger partial charge in [-0.1, -0.05) is 0 Å². The van der Waals surface area contributed by atoms with Crippen molar-refractivity contribution < 1.29 is 9.90 Å². The number of fused-ring (bicyclic) bond motifs is 1. The highest BCUT2D eigenvalue weighted by molar-refractivity contribution is 5.99. The van der Waals surface area contributed by atoms with Gasteiger partial charge in [0, 0.05) is 35.3 Å². The lowest BCUT2D eigenvalue weighted by molar-refractivity contribution is 0.112. The second kappa shape index (κ2) is 5.96. The Bertz CT molecular complexity index is 897. The van der Waals surface area contributed by atoms with Crippen LogP contribution in [-0.2, 0) is 0 Å². The standard InChI is InChI=1S/C20H18N2O2/c23-13-15-11-20(14-3-6-17(24)7-4-14)21-19-8-5-16(12-18(15)19)22-9-1-2-10-22/h3-8,11-13,24H,1-2,9-10H2. The number of carbonyl (C=O) groups is 1. The number of aromatic hydroxyl groups is 1. The van der Waals surface area contributed by atoms with Crippen LogP contribution in [0.15, 0.2) is 48.5 Å². The number of aromatic nitrogens is 1. The molecular weight excluding hydrogens is 300 g/mol. The number of benzene rings is 2. The van der Waals surface area contributed by atoms with Crippen molar-refractivity contribution in [3.63, 3.8) is 0 Å². The molecule has 120 valence electrons. The molecule has 24 heavy (non-hydrogen) atoms. The number of nitrogens with zero attached hydrogens (tertiary/aromatic N) is 2. The summed E-state index contributed by atoms with van der Waals surface area (Å²) in [6, 6.07) is 14.8. The van der Waals surface area contributed by atoms with Crippen LogP contribution >= 0.6 is 0 Å². The Morgan fingerprint density at radius 2 is 1.75 bits per heavy atom. The Morgan fingerprint density at radius 1 is 1.00 bits per heavy atom. The first-order valence-electron chi connectivity index (χ1n) is 8.19. The average molecular weight is 318 g/mol. The molecule has 0 bridgehead atoms. The van der Waals surface area contributed by atoms with Gasteiger partial charge < -0.3 is 10.0 Å². The fourth-order valence-electron chi connectivity index (χ4n) is 3.29. The number of hydrogen-bond acceptors (Lipinski definition) is 4. The van der Waals surface area contributed by atoms with Crippen molar-refractivity contribution in [3.8, 4) is 17.0 Å². The van der Waals surface area contributed by atoms with Crippen LogP contribution in [0.2, 0.25) is 0 Å². The molecule has 4 rings (SSSR count). The van der Waals surface area contributed by atoms with E-state index in [2.05, 4.69) is 17.0 Å². The molecule has 4 heteroatoms. The van der Waals surface area contributed by atoms with Gasteiger partial charge in [0.05, 0.1) is 11.2 Å². The number of phenolic OH excluding ortho intramolecular Hbond substituents is 1. The van der Waals surface area contributed by atoms with Crippen LogP contribution < -0.4 is 4.90 Å². The van der Waals surface area contributed by atoms with E-state index in [0.29, 0.717) is 5.56 Å². The van der Waals surface area contributed by atoms with E-state index in [1.807, 2.05) is 12.1 Å². The summed E-state index contributed by atoms with van der Waals surface area (Å²) < 4.78 is 0. The summed E-state index contributed by atoms with van der Waals surface area (Å²) in [4.78, 5) is 18.7. The van der Waals surface area contributed by atoms with E-state index in [1.165, 1.54) is 12.8 Å². The van der Waals surface area contributed by atoms with E-state index in [-0.39, 0.29) is 5.75 Å². The van der Waals surface area contributed by atoms with E-state index >= 15 is 0 Å². The topological polar surface area (TPSA) is 53.4 Å². The summed E-state index contributed by atoms with van der Waals surface area (Å²) in [5.41, 5.74) is 4.22. The highest BCUT2D eigenvalue weighted by Crippen LogP contribution is 2.29. The Morgan fingerprint density at radius 3 is 2.46 bits per heavy atom. The van der Waals surface area contributed by atoms with Crippen LogP contribution in [0, 0.1) is 0 Å². The minimum atomic E-state index is 0.213. The second-order valence-electron chi connectivity index (χ2n) is 6.16. The largest absolute Gasteiger partial charge is 0.508 e. The smallest absolute Gasteiger partial charge is 0.150 e. The molecule has 1 N–H and O–H groups in total. The number of anilines is 1. The molecule has 0 saturated carbocycles. The second-order valence-corrected chi connectivity index (χ2v) is 6.16. The number of aldehydes is 1. The van der Waals surface area contributed by atoms with Crippen LogP contribution in [0.25, 0.3) is 22.2 Å². The van der Waals surface area contributed by atoms with E-state index in [0.717, 1.165) is 47.2 Å². The fourth-order valence-corrected chi connectivity index (χ4v) is 3.29. The van der Waals surface area contributed by atoms with Crippen molar-refractivity contribution in [2.45, 2.75) is 12.8 Å². The highest BCUT2D eigenvalue weighted by Gasteiger charge is 2.14. The van der Waals surface area contributed by atoms with Crippen LogP contribution in [0.5, 0.6) is 5.75 Å². The molecule has 1 aromatic heterocycles. The molecule has 2 heterocycles. The Hall–Kier alpha value is -2.88. The zero-order valence-electron chi connectivity index (χ0n) is 13.3. The van der Waals surface area contributed by atoms with E-state index in [4.69, 9.17) is 4.98 Å². The first-order chi connectivity index (χ1) is 11.7. The number of hydrogen-bond donors (Lipinski definition) is 1. The first-order valence-corrected chi connectivity index (χ1v) is 8.19. The zero-order chi connectivity index (χ0) is 16.5. The summed E-state index contributed by atoms with van der Waals surface area (Å²) in [5.74, 6) is 0.213. The lowest BCUT2D eigenvalue weighted by atomic mass is 10.0. The summed E-state index contributed by atoms with van der Waals surface area (Å²) >= 11 is 0. The van der Waals surface area contributed by atoms with Crippen molar-refractivity contribution in [1.82, 2.24) is 4.98 Å².